The number of carbonyl (C=O) groups is 1. The van der Waals surface area contributed by atoms with Gasteiger partial charge in [-0.3, -0.25) is 9.36 Å². The van der Waals surface area contributed by atoms with E-state index in [0.717, 1.165) is 26.5 Å². The molecule has 32 heavy (non-hydrogen) atoms. The van der Waals surface area contributed by atoms with Crippen LogP contribution >= 0.6 is 27.3 Å². The van der Waals surface area contributed by atoms with Crippen molar-refractivity contribution in [2.24, 2.45) is 4.99 Å². The summed E-state index contributed by atoms with van der Waals surface area (Å²) in [6.07, 6.45) is 3.75. The summed E-state index contributed by atoms with van der Waals surface area (Å²) in [5, 5.41) is 1.01. The topological polar surface area (TPSA) is 76.4 Å². The molecule has 2 aromatic carbocycles. The summed E-state index contributed by atoms with van der Waals surface area (Å²) < 4.78 is 8.13. The largest absolute Gasteiger partial charge is 0.466 e. The van der Waals surface area contributed by atoms with Crippen molar-refractivity contribution in [3.05, 3.63) is 101 Å². The van der Waals surface area contributed by atoms with Crippen LogP contribution in [-0.2, 0) is 9.53 Å². The number of rotatable bonds is 3. The lowest BCUT2D eigenvalue weighted by Crippen LogP contribution is -2.39. The molecule has 0 fully saturated rings. The number of thiazole rings is 1. The molecule has 0 saturated carbocycles. The summed E-state index contributed by atoms with van der Waals surface area (Å²) in [5.74, 6) is -0.490. The number of esters is 1. The molecule has 6 nitrogen and oxygen atoms in total. The normalized spacial score (nSPS) is 16.2. The number of hydrogen-bond acceptors (Lipinski definition) is 5. The number of methoxy groups -OCH3 is 1. The van der Waals surface area contributed by atoms with Crippen molar-refractivity contribution in [3.63, 3.8) is 0 Å². The molecule has 0 saturated heterocycles. The third-order valence-electron chi connectivity index (χ3n) is 5.50. The summed E-state index contributed by atoms with van der Waals surface area (Å²) in [5.41, 5.74) is 3.44. The molecule has 0 radical (unpaired) electrons. The van der Waals surface area contributed by atoms with Crippen molar-refractivity contribution < 1.29 is 9.53 Å². The number of aromatic amines is 1. The van der Waals surface area contributed by atoms with E-state index in [9.17, 15) is 9.59 Å². The third kappa shape index (κ3) is 3.36. The van der Waals surface area contributed by atoms with E-state index in [1.807, 2.05) is 60.8 Å². The molecule has 1 aliphatic heterocycles. The Morgan fingerprint density at radius 1 is 1.25 bits per heavy atom. The van der Waals surface area contributed by atoms with Crippen LogP contribution in [-0.4, -0.2) is 22.6 Å². The van der Waals surface area contributed by atoms with Crippen molar-refractivity contribution in [1.82, 2.24) is 9.55 Å². The van der Waals surface area contributed by atoms with E-state index in [0.29, 0.717) is 20.6 Å². The molecule has 0 aliphatic carbocycles. The number of ether oxygens (including phenoxy) is 1. The van der Waals surface area contributed by atoms with Crippen LogP contribution in [0.5, 0.6) is 0 Å². The lowest BCUT2D eigenvalue weighted by Gasteiger charge is -2.24. The average Bonchev–Trinajstić information content (AvgIpc) is 3.33. The maximum atomic E-state index is 13.6. The molecule has 1 aliphatic rings. The van der Waals surface area contributed by atoms with E-state index in [1.165, 1.54) is 18.4 Å². The number of carbonyl (C=O) groups excluding carboxylic acids is 1. The monoisotopic (exact) mass is 507 g/mol. The number of nitrogens with zero attached hydrogens (tertiary/aromatic N) is 2. The Morgan fingerprint density at radius 3 is 2.78 bits per heavy atom. The minimum Gasteiger partial charge on any atom is -0.466 e. The maximum absolute atomic E-state index is 13.6. The van der Waals surface area contributed by atoms with Gasteiger partial charge in [-0.15, -0.1) is 0 Å². The minimum absolute atomic E-state index is 0.194. The van der Waals surface area contributed by atoms with Gasteiger partial charge in [-0.05, 0) is 36.8 Å². The number of nitrogens with one attached hydrogen (secondary N) is 1. The predicted molar refractivity (Wildman–Crippen MR) is 128 cm³/mol. The van der Waals surface area contributed by atoms with Gasteiger partial charge in [0.05, 0.1) is 29.0 Å². The Balaban J connectivity index is 1.76. The molecule has 1 atom stereocenters. The Morgan fingerprint density at radius 2 is 2.03 bits per heavy atom. The molecule has 0 bridgehead atoms. The minimum atomic E-state index is -0.598. The number of fused-ring (bicyclic) bond motifs is 2. The molecular weight excluding hydrogens is 490 g/mol. The number of hydrogen-bond donors (Lipinski definition) is 1. The van der Waals surface area contributed by atoms with Gasteiger partial charge in [0.25, 0.3) is 5.56 Å². The Bertz CT molecular complexity index is 1580. The van der Waals surface area contributed by atoms with Gasteiger partial charge in [0.15, 0.2) is 4.80 Å². The summed E-state index contributed by atoms with van der Waals surface area (Å²) >= 11 is 4.82. The zero-order chi connectivity index (χ0) is 22.4. The molecule has 1 unspecified atom stereocenters. The van der Waals surface area contributed by atoms with E-state index >= 15 is 0 Å². The van der Waals surface area contributed by atoms with Crippen LogP contribution < -0.4 is 14.9 Å². The Labute approximate surface area is 195 Å². The number of aromatic nitrogens is 2. The standard InChI is InChI=1S/C24H18BrN3O3S/c1-13-20(23(30)31-2)21(14-6-4-3-5-7-14)28-22(29)19(32-24(28)27-13)10-15-12-26-18-9-8-16(25)11-17(15)18/h3-12,21,26H,1-2H3. The molecule has 3 heterocycles. The van der Waals surface area contributed by atoms with Crippen LogP contribution in [0.2, 0.25) is 0 Å². The number of H-pyrrole nitrogens is 1. The van der Waals surface area contributed by atoms with Crippen LogP contribution in [0.25, 0.3) is 17.0 Å². The van der Waals surface area contributed by atoms with Crippen molar-refractivity contribution in [3.8, 4) is 0 Å². The van der Waals surface area contributed by atoms with Gasteiger partial charge in [0.2, 0.25) is 0 Å². The van der Waals surface area contributed by atoms with Gasteiger partial charge < -0.3 is 9.72 Å². The highest BCUT2D eigenvalue weighted by Gasteiger charge is 2.32. The van der Waals surface area contributed by atoms with E-state index in [1.54, 1.807) is 11.5 Å². The van der Waals surface area contributed by atoms with Crippen LogP contribution in [0.1, 0.15) is 24.1 Å². The van der Waals surface area contributed by atoms with Gasteiger partial charge in [-0.25, -0.2) is 9.79 Å². The highest BCUT2D eigenvalue weighted by Crippen LogP contribution is 2.30. The van der Waals surface area contributed by atoms with Gasteiger partial charge in [-0.1, -0.05) is 57.6 Å². The molecule has 4 aromatic rings. The summed E-state index contributed by atoms with van der Waals surface area (Å²) in [4.78, 5) is 34.6. The van der Waals surface area contributed by atoms with E-state index in [2.05, 4.69) is 25.9 Å². The molecule has 1 N–H and O–H groups in total. The Kier molecular flexibility index (Phi) is 5.19. The first-order chi connectivity index (χ1) is 15.5. The maximum Gasteiger partial charge on any atom is 0.338 e. The molecule has 0 spiro atoms. The van der Waals surface area contributed by atoms with E-state index in [-0.39, 0.29) is 5.56 Å². The van der Waals surface area contributed by atoms with Crippen molar-refractivity contribution >= 4 is 50.2 Å². The second-order valence-electron chi connectivity index (χ2n) is 7.42. The van der Waals surface area contributed by atoms with Gasteiger partial charge in [0.1, 0.15) is 0 Å². The van der Waals surface area contributed by atoms with E-state index in [4.69, 9.17) is 4.74 Å². The van der Waals surface area contributed by atoms with Crippen molar-refractivity contribution in [1.29, 1.82) is 0 Å². The predicted octanol–water partition coefficient (Wildman–Crippen LogP) is 3.65. The van der Waals surface area contributed by atoms with Gasteiger partial charge in [-0.2, -0.15) is 0 Å². The Hall–Kier alpha value is -3.23. The number of allylic oxidation sites excluding steroid dienone is 1. The summed E-state index contributed by atoms with van der Waals surface area (Å²) in [6.45, 7) is 1.77. The highest BCUT2D eigenvalue weighted by atomic mass is 79.9. The molecule has 160 valence electrons. The zero-order valence-electron chi connectivity index (χ0n) is 17.3. The molecule has 8 heteroatoms. The van der Waals surface area contributed by atoms with Gasteiger partial charge >= 0.3 is 5.97 Å². The fourth-order valence-corrected chi connectivity index (χ4v) is 5.42. The van der Waals surface area contributed by atoms with Gasteiger partial charge in [0, 0.05) is 27.1 Å². The molecule has 5 rings (SSSR count). The highest BCUT2D eigenvalue weighted by molar-refractivity contribution is 9.10. The molecule has 0 amide bonds. The zero-order valence-corrected chi connectivity index (χ0v) is 19.7. The number of benzene rings is 2. The molecule has 2 aromatic heterocycles. The van der Waals surface area contributed by atoms with Crippen LogP contribution in [0.3, 0.4) is 0 Å². The lowest BCUT2D eigenvalue weighted by atomic mass is 9.96. The SMILES string of the molecule is COC(=O)C1=C(C)N=c2sc(=Cc3c[nH]c4ccc(Br)cc34)c(=O)n2C1c1ccccc1. The molecular formula is C24H18BrN3O3S. The second-order valence-corrected chi connectivity index (χ2v) is 9.34. The van der Waals surface area contributed by atoms with E-state index < -0.39 is 12.0 Å². The van der Waals surface area contributed by atoms with Crippen LogP contribution in [0.15, 0.2) is 80.3 Å². The van der Waals surface area contributed by atoms with Crippen molar-refractivity contribution in [2.75, 3.05) is 7.11 Å². The quantitative estimate of drug-likeness (QED) is 0.430. The smallest absolute Gasteiger partial charge is 0.338 e. The first-order valence-electron chi connectivity index (χ1n) is 9.90. The second kappa shape index (κ2) is 8.03. The summed E-state index contributed by atoms with van der Waals surface area (Å²) in [6, 6.07) is 14.9. The number of halogens is 1. The summed E-state index contributed by atoms with van der Waals surface area (Å²) in [7, 11) is 1.34. The fourth-order valence-electron chi connectivity index (χ4n) is 4.02. The van der Waals surface area contributed by atoms with Crippen LogP contribution in [0.4, 0.5) is 0 Å². The average molecular weight is 508 g/mol. The fraction of sp³-hybridized carbons (Fsp3) is 0.125. The van der Waals surface area contributed by atoms with Crippen molar-refractivity contribution in [2.45, 2.75) is 13.0 Å². The third-order valence-corrected chi connectivity index (χ3v) is 6.98. The first-order valence-corrected chi connectivity index (χ1v) is 11.5. The van der Waals surface area contributed by atoms with Crippen LogP contribution in [0, 0.1) is 0 Å². The first kappa shape index (κ1) is 20.7. The lowest BCUT2D eigenvalue weighted by molar-refractivity contribution is -0.136.